The maximum atomic E-state index is 13.0. The average Bonchev–Trinajstić information content (AvgIpc) is 2.42. The Bertz CT molecular complexity index is 572. The van der Waals surface area contributed by atoms with Crippen molar-refractivity contribution in [2.75, 3.05) is 12.4 Å². The van der Waals surface area contributed by atoms with Gasteiger partial charge in [0.2, 0.25) is 0 Å². The molecule has 1 amide bonds. The summed E-state index contributed by atoms with van der Waals surface area (Å²) >= 11 is 0. The first kappa shape index (κ1) is 12.9. The number of anilines is 1. The molecule has 0 saturated carbocycles. The second-order valence-electron chi connectivity index (χ2n) is 3.67. The average molecular weight is 261 g/mol. The van der Waals surface area contributed by atoms with Crippen LogP contribution in [0.1, 0.15) is 0 Å². The van der Waals surface area contributed by atoms with E-state index >= 15 is 0 Å². The van der Waals surface area contributed by atoms with Crippen LogP contribution in [0.15, 0.2) is 48.5 Å². The van der Waals surface area contributed by atoms with E-state index in [9.17, 15) is 9.18 Å². The molecule has 2 rings (SSSR count). The number of para-hydroxylation sites is 1. The number of amides is 1. The van der Waals surface area contributed by atoms with Gasteiger partial charge in [0, 0.05) is 6.07 Å². The monoisotopic (exact) mass is 261 g/mol. The first-order valence-corrected chi connectivity index (χ1v) is 5.56. The Kier molecular flexibility index (Phi) is 3.97. The summed E-state index contributed by atoms with van der Waals surface area (Å²) in [6, 6.07) is 12.4. The molecule has 1 N–H and O–H groups in total. The topological polar surface area (TPSA) is 47.6 Å². The smallest absolute Gasteiger partial charge is 0.417 e. The molecule has 0 aliphatic carbocycles. The fourth-order valence-electron chi connectivity index (χ4n) is 1.50. The summed E-state index contributed by atoms with van der Waals surface area (Å²) in [7, 11) is 1.39. The third-order valence-corrected chi connectivity index (χ3v) is 2.35. The Hall–Kier alpha value is -2.56. The fourth-order valence-corrected chi connectivity index (χ4v) is 1.50. The minimum Gasteiger partial charge on any atom is -0.494 e. The molecule has 0 saturated heterocycles. The number of halogens is 1. The van der Waals surface area contributed by atoms with Crippen LogP contribution in [0.2, 0.25) is 0 Å². The Morgan fingerprint density at radius 2 is 1.89 bits per heavy atom. The summed E-state index contributed by atoms with van der Waals surface area (Å²) in [5, 5.41) is 2.48. The van der Waals surface area contributed by atoms with E-state index in [1.54, 1.807) is 24.3 Å². The van der Waals surface area contributed by atoms with E-state index in [0.717, 1.165) is 0 Å². The molecule has 0 spiro atoms. The molecule has 0 fully saturated rings. The van der Waals surface area contributed by atoms with Crippen molar-refractivity contribution in [3.05, 3.63) is 54.3 Å². The van der Waals surface area contributed by atoms with Gasteiger partial charge in [-0.15, -0.1) is 0 Å². The van der Waals surface area contributed by atoms with Gasteiger partial charge in [-0.2, -0.15) is 0 Å². The van der Waals surface area contributed by atoms with Crippen molar-refractivity contribution in [3.63, 3.8) is 0 Å². The lowest BCUT2D eigenvalue weighted by Crippen LogP contribution is -2.17. The number of ether oxygens (including phenoxy) is 2. The van der Waals surface area contributed by atoms with E-state index in [4.69, 9.17) is 9.47 Å². The first-order valence-electron chi connectivity index (χ1n) is 5.56. The predicted molar refractivity (Wildman–Crippen MR) is 69.0 cm³/mol. The van der Waals surface area contributed by atoms with Crippen LogP contribution in [0.25, 0.3) is 0 Å². The van der Waals surface area contributed by atoms with E-state index in [2.05, 4.69) is 5.32 Å². The van der Waals surface area contributed by atoms with Gasteiger partial charge in [0.15, 0.2) is 0 Å². The number of rotatable bonds is 3. The number of nitrogens with one attached hydrogen (secondary N) is 1. The van der Waals surface area contributed by atoms with Crippen LogP contribution in [-0.2, 0) is 0 Å². The summed E-state index contributed by atoms with van der Waals surface area (Å²) in [6.07, 6.45) is -0.670. The lowest BCUT2D eigenvalue weighted by molar-refractivity contribution is 0.215. The molecule has 2 aromatic carbocycles. The van der Waals surface area contributed by atoms with Gasteiger partial charge in [0.05, 0.1) is 12.8 Å². The molecule has 5 heteroatoms. The Morgan fingerprint density at radius 1 is 1.16 bits per heavy atom. The largest absolute Gasteiger partial charge is 0.494 e. The van der Waals surface area contributed by atoms with Crippen LogP contribution in [0.3, 0.4) is 0 Å². The molecule has 0 bridgehead atoms. The number of carbonyl (C=O) groups excluding carboxylic acids is 1. The Balaban J connectivity index is 2.07. The molecular weight excluding hydrogens is 249 g/mol. The van der Waals surface area contributed by atoms with E-state index in [0.29, 0.717) is 11.4 Å². The van der Waals surface area contributed by atoms with Gasteiger partial charge < -0.3 is 9.47 Å². The standard InChI is InChI=1S/C14H12FNO3/c1-18-13-9-10(15)7-8-12(13)16-14(17)19-11-5-3-2-4-6-11/h2-9H,1H3,(H,16,17). The Labute approximate surface area is 109 Å². The number of benzene rings is 2. The SMILES string of the molecule is COc1cc(F)ccc1NC(=O)Oc1ccccc1. The summed E-state index contributed by atoms with van der Waals surface area (Å²) in [6.45, 7) is 0. The normalized spacial score (nSPS) is 9.79. The van der Waals surface area contributed by atoms with Crippen molar-refractivity contribution in [3.8, 4) is 11.5 Å². The summed E-state index contributed by atoms with van der Waals surface area (Å²) in [5.41, 5.74) is 0.338. The zero-order chi connectivity index (χ0) is 13.7. The van der Waals surface area contributed by atoms with Gasteiger partial charge in [-0.25, -0.2) is 9.18 Å². The van der Waals surface area contributed by atoms with Gasteiger partial charge >= 0.3 is 6.09 Å². The van der Waals surface area contributed by atoms with Crippen molar-refractivity contribution >= 4 is 11.8 Å². The van der Waals surface area contributed by atoms with Crippen LogP contribution in [0.4, 0.5) is 14.9 Å². The third-order valence-electron chi connectivity index (χ3n) is 2.35. The van der Waals surface area contributed by atoms with Gasteiger partial charge in [-0.1, -0.05) is 18.2 Å². The molecular formula is C14H12FNO3. The number of hydrogen-bond acceptors (Lipinski definition) is 3. The number of hydrogen-bond donors (Lipinski definition) is 1. The molecule has 19 heavy (non-hydrogen) atoms. The minimum absolute atomic E-state index is 0.227. The molecule has 98 valence electrons. The fraction of sp³-hybridized carbons (Fsp3) is 0.0714. The van der Waals surface area contributed by atoms with Gasteiger partial charge in [0.25, 0.3) is 0 Å². The molecule has 0 radical (unpaired) electrons. The number of carbonyl (C=O) groups is 1. The molecule has 0 heterocycles. The zero-order valence-corrected chi connectivity index (χ0v) is 10.2. The quantitative estimate of drug-likeness (QED) is 0.920. The van der Waals surface area contributed by atoms with Gasteiger partial charge in [-0.05, 0) is 24.3 Å². The van der Waals surface area contributed by atoms with E-state index in [-0.39, 0.29) is 5.75 Å². The van der Waals surface area contributed by atoms with Crippen LogP contribution in [-0.4, -0.2) is 13.2 Å². The van der Waals surface area contributed by atoms with Crippen molar-refractivity contribution in [2.24, 2.45) is 0 Å². The molecule has 0 atom stereocenters. The van der Waals surface area contributed by atoms with E-state index in [1.165, 1.54) is 25.3 Å². The van der Waals surface area contributed by atoms with Crippen molar-refractivity contribution in [1.82, 2.24) is 0 Å². The highest BCUT2D eigenvalue weighted by Gasteiger charge is 2.10. The zero-order valence-electron chi connectivity index (χ0n) is 10.2. The van der Waals surface area contributed by atoms with Crippen LogP contribution in [0.5, 0.6) is 11.5 Å². The maximum Gasteiger partial charge on any atom is 0.417 e. The van der Waals surface area contributed by atoms with Gasteiger partial charge in [0.1, 0.15) is 17.3 Å². The Morgan fingerprint density at radius 3 is 2.58 bits per heavy atom. The molecule has 0 unspecified atom stereocenters. The van der Waals surface area contributed by atoms with Gasteiger partial charge in [-0.3, -0.25) is 5.32 Å². The van der Waals surface area contributed by atoms with E-state index in [1.807, 2.05) is 6.07 Å². The van der Waals surface area contributed by atoms with Crippen LogP contribution < -0.4 is 14.8 Å². The van der Waals surface area contributed by atoms with Crippen molar-refractivity contribution < 1.29 is 18.7 Å². The highest BCUT2D eigenvalue weighted by Crippen LogP contribution is 2.25. The first-order chi connectivity index (χ1) is 9.19. The van der Waals surface area contributed by atoms with E-state index < -0.39 is 11.9 Å². The minimum atomic E-state index is -0.670. The molecule has 2 aromatic rings. The highest BCUT2D eigenvalue weighted by molar-refractivity contribution is 5.88. The summed E-state index contributed by atoms with van der Waals surface area (Å²) < 4.78 is 23.0. The summed E-state index contributed by atoms with van der Waals surface area (Å²) in [5.74, 6) is 0.199. The second-order valence-corrected chi connectivity index (χ2v) is 3.67. The second kappa shape index (κ2) is 5.86. The molecule has 4 nitrogen and oxygen atoms in total. The maximum absolute atomic E-state index is 13.0. The lowest BCUT2D eigenvalue weighted by atomic mass is 10.3. The molecule has 0 aliphatic heterocycles. The lowest BCUT2D eigenvalue weighted by Gasteiger charge is -2.10. The van der Waals surface area contributed by atoms with Crippen molar-refractivity contribution in [1.29, 1.82) is 0 Å². The predicted octanol–water partition coefficient (Wildman–Crippen LogP) is 3.45. The molecule has 0 aromatic heterocycles. The third kappa shape index (κ3) is 3.45. The van der Waals surface area contributed by atoms with Crippen LogP contribution in [0, 0.1) is 5.82 Å². The summed E-state index contributed by atoms with van der Waals surface area (Å²) in [4.78, 5) is 11.7. The van der Waals surface area contributed by atoms with Crippen LogP contribution >= 0.6 is 0 Å². The molecule has 0 aliphatic rings. The number of methoxy groups -OCH3 is 1. The van der Waals surface area contributed by atoms with Crippen molar-refractivity contribution in [2.45, 2.75) is 0 Å². The highest BCUT2D eigenvalue weighted by atomic mass is 19.1.